The van der Waals surface area contributed by atoms with Gasteiger partial charge < -0.3 is 5.32 Å². The zero-order chi connectivity index (χ0) is 19.7. The van der Waals surface area contributed by atoms with Gasteiger partial charge in [0.25, 0.3) is 5.56 Å². The number of hydrogen-bond donors (Lipinski definition) is 1. The fourth-order valence-electron chi connectivity index (χ4n) is 2.80. The highest BCUT2D eigenvalue weighted by atomic mass is 32.2. The van der Waals surface area contributed by atoms with Gasteiger partial charge in [-0.1, -0.05) is 30.0 Å². The molecule has 142 valence electrons. The third-order valence-electron chi connectivity index (χ3n) is 4.37. The minimum absolute atomic E-state index is 0.0636. The fraction of sp³-hybridized carbons (Fsp3) is 0.350. The van der Waals surface area contributed by atoms with Gasteiger partial charge in [0.2, 0.25) is 5.91 Å². The number of thiophene rings is 1. The Kier molecular flexibility index (Phi) is 5.72. The number of aryl methyl sites for hydroxylation is 2. The fourth-order valence-corrected chi connectivity index (χ4v) is 4.57. The van der Waals surface area contributed by atoms with Crippen LogP contribution in [0.25, 0.3) is 21.3 Å². The van der Waals surface area contributed by atoms with Crippen LogP contribution in [-0.2, 0) is 11.8 Å². The number of amides is 1. The lowest BCUT2D eigenvalue weighted by atomic mass is 10.0. The number of rotatable bonds is 5. The van der Waals surface area contributed by atoms with Crippen LogP contribution in [0.3, 0.4) is 0 Å². The third-order valence-corrected chi connectivity index (χ3v) is 6.28. The average Bonchev–Trinajstić information content (AvgIpc) is 3.02. The number of carbonyl (C=O) groups excluding carboxylic acids is 1. The first-order valence-corrected chi connectivity index (χ1v) is 10.6. The van der Waals surface area contributed by atoms with Gasteiger partial charge in [0, 0.05) is 24.0 Å². The van der Waals surface area contributed by atoms with Crippen LogP contribution >= 0.6 is 23.1 Å². The van der Waals surface area contributed by atoms with Crippen molar-refractivity contribution in [3.05, 3.63) is 45.1 Å². The van der Waals surface area contributed by atoms with Crippen LogP contribution in [0.5, 0.6) is 0 Å². The number of hydrogen-bond acceptors (Lipinski definition) is 5. The molecule has 3 rings (SSSR count). The Bertz CT molecular complexity index is 1070. The van der Waals surface area contributed by atoms with Crippen LogP contribution in [0, 0.1) is 13.8 Å². The number of aromatic nitrogens is 2. The minimum atomic E-state index is -0.0822. The average molecular weight is 402 g/mol. The second kappa shape index (κ2) is 7.86. The lowest BCUT2D eigenvalue weighted by molar-refractivity contribution is -0.119. The predicted molar refractivity (Wildman–Crippen MR) is 114 cm³/mol. The van der Waals surface area contributed by atoms with Crippen LogP contribution < -0.4 is 10.9 Å². The molecular formula is C20H23N3O2S2. The molecule has 2 heterocycles. The molecule has 1 amide bonds. The molecule has 3 aromatic rings. The molecular weight excluding hydrogens is 378 g/mol. The second-order valence-electron chi connectivity index (χ2n) is 6.90. The van der Waals surface area contributed by atoms with Gasteiger partial charge in [0.1, 0.15) is 4.83 Å². The van der Waals surface area contributed by atoms with Crippen LogP contribution in [-0.4, -0.2) is 27.3 Å². The normalized spacial score (nSPS) is 11.3. The van der Waals surface area contributed by atoms with Crippen molar-refractivity contribution in [1.82, 2.24) is 14.9 Å². The van der Waals surface area contributed by atoms with Crippen molar-refractivity contribution < 1.29 is 4.79 Å². The number of carbonyl (C=O) groups is 1. The Morgan fingerprint density at radius 1 is 1.30 bits per heavy atom. The van der Waals surface area contributed by atoms with E-state index >= 15 is 0 Å². The van der Waals surface area contributed by atoms with Crippen molar-refractivity contribution in [2.24, 2.45) is 7.05 Å². The highest BCUT2D eigenvalue weighted by Crippen LogP contribution is 2.32. The molecule has 0 aliphatic heterocycles. The lowest BCUT2D eigenvalue weighted by Gasteiger charge is -2.10. The monoisotopic (exact) mass is 401 g/mol. The molecule has 5 nitrogen and oxygen atoms in total. The Labute approximate surface area is 166 Å². The zero-order valence-corrected chi connectivity index (χ0v) is 17.8. The summed E-state index contributed by atoms with van der Waals surface area (Å²) in [5.74, 6) is 0.172. The van der Waals surface area contributed by atoms with Gasteiger partial charge in [-0.3, -0.25) is 14.2 Å². The molecule has 0 atom stereocenters. The van der Waals surface area contributed by atoms with E-state index in [1.807, 2.05) is 25.3 Å². The smallest absolute Gasteiger partial charge is 0.263 e. The van der Waals surface area contributed by atoms with E-state index in [1.54, 1.807) is 7.05 Å². The van der Waals surface area contributed by atoms with Crippen LogP contribution in [0.1, 0.15) is 25.0 Å². The number of fused-ring (bicyclic) bond motifs is 1. The van der Waals surface area contributed by atoms with Crippen molar-refractivity contribution in [2.45, 2.75) is 38.9 Å². The molecule has 0 bridgehead atoms. The first-order valence-electron chi connectivity index (χ1n) is 8.76. The Morgan fingerprint density at radius 3 is 2.70 bits per heavy atom. The van der Waals surface area contributed by atoms with E-state index in [0.29, 0.717) is 15.4 Å². The Hall–Kier alpha value is -2.12. The summed E-state index contributed by atoms with van der Waals surface area (Å²) in [5.41, 5.74) is 4.28. The van der Waals surface area contributed by atoms with Gasteiger partial charge in [0.05, 0.1) is 11.1 Å². The summed E-state index contributed by atoms with van der Waals surface area (Å²) in [5, 5.41) is 6.03. The van der Waals surface area contributed by atoms with E-state index in [-0.39, 0.29) is 23.3 Å². The van der Waals surface area contributed by atoms with Crippen LogP contribution in [0.15, 0.2) is 33.5 Å². The van der Waals surface area contributed by atoms with Gasteiger partial charge in [-0.05, 0) is 44.4 Å². The quantitative estimate of drug-likeness (QED) is 0.520. The maximum Gasteiger partial charge on any atom is 0.263 e. The molecule has 1 aromatic carbocycles. The SMILES string of the molecule is Cc1ccc(-c2csc3nc(SCC(=O)NC(C)C)n(C)c(=O)c23)cc1C. The van der Waals surface area contributed by atoms with E-state index in [1.165, 1.54) is 38.8 Å². The van der Waals surface area contributed by atoms with Gasteiger partial charge in [0.15, 0.2) is 5.16 Å². The molecule has 0 radical (unpaired) electrons. The first-order chi connectivity index (χ1) is 12.8. The largest absolute Gasteiger partial charge is 0.353 e. The summed E-state index contributed by atoms with van der Waals surface area (Å²) in [6, 6.07) is 6.32. The standard InChI is InChI=1S/C20H23N3O2S2/c1-11(2)21-16(24)10-27-20-22-18-17(19(25)23(20)5)15(9-26-18)14-7-6-12(3)13(4)8-14/h6-9,11H,10H2,1-5H3,(H,21,24). The number of benzene rings is 1. The molecule has 1 N–H and O–H groups in total. The molecule has 7 heteroatoms. The van der Waals surface area contributed by atoms with E-state index in [9.17, 15) is 9.59 Å². The van der Waals surface area contributed by atoms with Gasteiger partial charge in [-0.2, -0.15) is 0 Å². The second-order valence-corrected chi connectivity index (χ2v) is 8.70. The number of thioether (sulfide) groups is 1. The van der Waals surface area contributed by atoms with Crippen molar-refractivity contribution >= 4 is 39.2 Å². The van der Waals surface area contributed by atoms with E-state index in [2.05, 4.69) is 36.3 Å². The number of nitrogens with one attached hydrogen (secondary N) is 1. The Balaban J connectivity index is 1.98. The van der Waals surface area contributed by atoms with E-state index in [0.717, 1.165) is 11.1 Å². The molecule has 0 saturated heterocycles. The van der Waals surface area contributed by atoms with E-state index < -0.39 is 0 Å². The summed E-state index contributed by atoms with van der Waals surface area (Å²) in [6.07, 6.45) is 0. The van der Waals surface area contributed by atoms with Crippen molar-refractivity contribution in [3.63, 3.8) is 0 Å². The van der Waals surface area contributed by atoms with Gasteiger partial charge in [-0.15, -0.1) is 11.3 Å². The number of nitrogens with zero attached hydrogens (tertiary/aromatic N) is 2. The molecule has 27 heavy (non-hydrogen) atoms. The van der Waals surface area contributed by atoms with Crippen LogP contribution in [0.4, 0.5) is 0 Å². The predicted octanol–water partition coefficient (Wildman–Crippen LogP) is 3.90. The first kappa shape index (κ1) is 19.6. The van der Waals surface area contributed by atoms with Gasteiger partial charge >= 0.3 is 0 Å². The summed E-state index contributed by atoms with van der Waals surface area (Å²) in [6.45, 7) is 7.98. The van der Waals surface area contributed by atoms with Gasteiger partial charge in [-0.25, -0.2) is 4.98 Å². The van der Waals surface area contributed by atoms with E-state index in [4.69, 9.17) is 0 Å². The molecule has 2 aromatic heterocycles. The summed E-state index contributed by atoms with van der Waals surface area (Å²) in [4.78, 5) is 30.2. The summed E-state index contributed by atoms with van der Waals surface area (Å²) < 4.78 is 1.53. The highest BCUT2D eigenvalue weighted by Gasteiger charge is 2.17. The van der Waals surface area contributed by atoms with Crippen molar-refractivity contribution in [2.75, 3.05) is 5.75 Å². The minimum Gasteiger partial charge on any atom is -0.353 e. The lowest BCUT2D eigenvalue weighted by Crippen LogP contribution is -2.31. The van der Waals surface area contributed by atoms with Crippen molar-refractivity contribution in [1.29, 1.82) is 0 Å². The maximum atomic E-state index is 13.0. The summed E-state index contributed by atoms with van der Waals surface area (Å²) in [7, 11) is 1.71. The summed E-state index contributed by atoms with van der Waals surface area (Å²) >= 11 is 2.74. The molecule has 0 spiro atoms. The highest BCUT2D eigenvalue weighted by molar-refractivity contribution is 7.99. The molecule has 0 fully saturated rings. The third kappa shape index (κ3) is 4.09. The molecule has 0 aliphatic rings. The Morgan fingerprint density at radius 2 is 2.04 bits per heavy atom. The molecule has 0 aliphatic carbocycles. The molecule has 0 saturated carbocycles. The van der Waals surface area contributed by atoms with Crippen LogP contribution in [0.2, 0.25) is 0 Å². The topological polar surface area (TPSA) is 64.0 Å². The maximum absolute atomic E-state index is 13.0. The zero-order valence-electron chi connectivity index (χ0n) is 16.1. The molecule has 0 unspecified atom stereocenters. The van der Waals surface area contributed by atoms with Crippen molar-refractivity contribution in [3.8, 4) is 11.1 Å².